The Morgan fingerprint density at radius 2 is 2.00 bits per heavy atom. The number of phenolic OH excluding ortho intramolecular Hbond substituents is 1. The van der Waals surface area contributed by atoms with Gasteiger partial charge in [0.2, 0.25) is 0 Å². The van der Waals surface area contributed by atoms with Gasteiger partial charge in [0.25, 0.3) is 5.91 Å². The molecule has 17 heavy (non-hydrogen) atoms. The van der Waals surface area contributed by atoms with Gasteiger partial charge in [-0.25, -0.2) is 0 Å². The predicted molar refractivity (Wildman–Crippen MR) is 64.3 cm³/mol. The molecule has 1 aromatic carbocycles. The lowest BCUT2D eigenvalue weighted by molar-refractivity contribution is 0.0546. The zero-order valence-electron chi connectivity index (χ0n) is 9.27. The van der Waals surface area contributed by atoms with E-state index in [0.717, 1.165) is 0 Å². The van der Waals surface area contributed by atoms with Crippen molar-refractivity contribution in [3.05, 3.63) is 28.8 Å². The molecule has 1 heterocycles. The first-order chi connectivity index (χ1) is 8.08. The minimum Gasteiger partial charge on any atom is -0.506 e. The fraction of sp³-hybridized carbons (Fsp3) is 0.417. The second kappa shape index (κ2) is 4.94. The second-order valence-corrected chi connectivity index (χ2v) is 4.60. The summed E-state index contributed by atoms with van der Waals surface area (Å²) in [5.74, 6) is -0.143. The molecule has 0 radical (unpaired) electrons. The summed E-state index contributed by atoms with van der Waals surface area (Å²) in [5.41, 5.74) is 0.462. The number of aliphatic hydroxyl groups is 1. The zero-order valence-corrected chi connectivity index (χ0v) is 10.0. The van der Waals surface area contributed by atoms with Crippen LogP contribution in [0.1, 0.15) is 23.2 Å². The number of benzene rings is 1. The largest absolute Gasteiger partial charge is 0.506 e. The molecule has 1 amide bonds. The Balaban J connectivity index is 2.11. The number of halogens is 1. The number of phenols is 1. The van der Waals surface area contributed by atoms with Crippen LogP contribution in [0.15, 0.2) is 18.2 Å². The summed E-state index contributed by atoms with van der Waals surface area (Å²) in [4.78, 5) is 13.8. The number of piperidine rings is 1. The first-order valence-corrected chi connectivity index (χ1v) is 5.91. The molecule has 1 aliphatic heterocycles. The molecule has 5 heteroatoms. The standard InChI is InChI=1S/C12H14ClNO3/c13-10-7-8(1-2-11(10)16)12(17)14-5-3-9(15)4-6-14/h1-2,7,9,15-16H,3-6H2. The smallest absolute Gasteiger partial charge is 0.253 e. The van der Waals surface area contributed by atoms with Gasteiger partial charge in [0.05, 0.1) is 11.1 Å². The molecular weight excluding hydrogens is 242 g/mol. The van der Waals surface area contributed by atoms with Crippen molar-refractivity contribution < 1.29 is 15.0 Å². The number of carbonyl (C=O) groups is 1. The van der Waals surface area contributed by atoms with Crippen molar-refractivity contribution in [1.82, 2.24) is 4.90 Å². The molecule has 2 rings (SSSR count). The molecule has 2 N–H and O–H groups in total. The Bertz CT molecular complexity index is 428. The van der Waals surface area contributed by atoms with Crippen LogP contribution in [0.4, 0.5) is 0 Å². The molecular formula is C12H14ClNO3. The molecule has 0 atom stereocenters. The van der Waals surface area contributed by atoms with Crippen molar-refractivity contribution in [3.63, 3.8) is 0 Å². The van der Waals surface area contributed by atoms with Crippen LogP contribution in [0.3, 0.4) is 0 Å². The topological polar surface area (TPSA) is 60.8 Å². The van der Waals surface area contributed by atoms with E-state index in [4.69, 9.17) is 11.6 Å². The van der Waals surface area contributed by atoms with Crippen LogP contribution < -0.4 is 0 Å². The lowest BCUT2D eigenvalue weighted by Gasteiger charge is -2.29. The summed E-state index contributed by atoms with van der Waals surface area (Å²) in [5, 5.41) is 18.8. The van der Waals surface area contributed by atoms with Gasteiger partial charge in [-0.15, -0.1) is 0 Å². The van der Waals surface area contributed by atoms with E-state index < -0.39 is 0 Å². The Kier molecular flexibility index (Phi) is 3.54. The molecule has 0 spiro atoms. The summed E-state index contributed by atoms with van der Waals surface area (Å²) >= 11 is 5.76. The Morgan fingerprint density at radius 3 is 2.59 bits per heavy atom. The van der Waals surface area contributed by atoms with Crippen LogP contribution in [0, 0.1) is 0 Å². The maximum Gasteiger partial charge on any atom is 0.253 e. The number of carbonyl (C=O) groups excluding carboxylic acids is 1. The quantitative estimate of drug-likeness (QED) is 0.802. The normalized spacial score (nSPS) is 17.2. The number of nitrogens with zero attached hydrogens (tertiary/aromatic N) is 1. The minimum atomic E-state index is -0.303. The summed E-state index contributed by atoms with van der Waals surface area (Å²) in [6.07, 6.45) is 0.914. The summed E-state index contributed by atoms with van der Waals surface area (Å²) < 4.78 is 0. The molecule has 0 aliphatic carbocycles. The highest BCUT2D eigenvalue weighted by molar-refractivity contribution is 6.32. The van der Waals surface area contributed by atoms with E-state index in [2.05, 4.69) is 0 Å². The van der Waals surface area contributed by atoms with Crippen molar-refractivity contribution in [2.75, 3.05) is 13.1 Å². The number of hydrogen-bond acceptors (Lipinski definition) is 3. The highest BCUT2D eigenvalue weighted by Gasteiger charge is 2.22. The third-order valence-electron chi connectivity index (χ3n) is 2.95. The maximum absolute atomic E-state index is 12.1. The van der Waals surface area contributed by atoms with Crippen LogP contribution in [-0.4, -0.2) is 40.2 Å². The molecule has 0 bridgehead atoms. The predicted octanol–water partition coefficient (Wildman–Crippen LogP) is 1.64. The molecule has 0 aromatic heterocycles. The monoisotopic (exact) mass is 255 g/mol. The van der Waals surface area contributed by atoms with Crippen LogP contribution >= 0.6 is 11.6 Å². The number of rotatable bonds is 1. The Morgan fingerprint density at radius 1 is 1.35 bits per heavy atom. The van der Waals surface area contributed by atoms with Gasteiger partial charge in [0.15, 0.2) is 0 Å². The van der Waals surface area contributed by atoms with Crippen molar-refractivity contribution in [3.8, 4) is 5.75 Å². The average Bonchev–Trinajstić information content (AvgIpc) is 2.33. The molecule has 1 aliphatic rings. The number of aliphatic hydroxyl groups excluding tert-OH is 1. The van der Waals surface area contributed by atoms with Crippen molar-refractivity contribution in [2.24, 2.45) is 0 Å². The summed E-state index contributed by atoms with van der Waals surface area (Å²) in [6, 6.07) is 4.42. The van der Waals surface area contributed by atoms with Crippen molar-refractivity contribution in [1.29, 1.82) is 0 Å². The third-order valence-corrected chi connectivity index (χ3v) is 3.25. The molecule has 1 saturated heterocycles. The summed E-state index contributed by atoms with van der Waals surface area (Å²) in [6.45, 7) is 1.11. The van der Waals surface area contributed by atoms with Crippen molar-refractivity contribution >= 4 is 17.5 Å². The molecule has 4 nitrogen and oxygen atoms in total. The number of likely N-dealkylation sites (tertiary alicyclic amines) is 1. The first-order valence-electron chi connectivity index (χ1n) is 5.54. The van der Waals surface area contributed by atoms with E-state index in [1.165, 1.54) is 12.1 Å². The lowest BCUT2D eigenvalue weighted by Crippen LogP contribution is -2.40. The number of hydrogen-bond donors (Lipinski definition) is 2. The zero-order chi connectivity index (χ0) is 12.4. The Hall–Kier alpha value is -1.26. The van der Waals surface area contributed by atoms with Gasteiger partial charge in [-0.2, -0.15) is 0 Å². The molecule has 0 unspecified atom stereocenters. The van der Waals surface area contributed by atoms with Gasteiger partial charge in [-0.05, 0) is 31.0 Å². The van der Waals surface area contributed by atoms with Crippen LogP contribution in [0.2, 0.25) is 5.02 Å². The second-order valence-electron chi connectivity index (χ2n) is 4.19. The fourth-order valence-electron chi connectivity index (χ4n) is 1.89. The van der Waals surface area contributed by atoms with E-state index in [9.17, 15) is 15.0 Å². The van der Waals surface area contributed by atoms with Crippen molar-refractivity contribution in [2.45, 2.75) is 18.9 Å². The average molecular weight is 256 g/mol. The maximum atomic E-state index is 12.1. The van der Waals surface area contributed by atoms with Gasteiger partial charge >= 0.3 is 0 Å². The highest BCUT2D eigenvalue weighted by atomic mass is 35.5. The number of aromatic hydroxyl groups is 1. The first kappa shape index (κ1) is 12.2. The highest BCUT2D eigenvalue weighted by Crippen LogP contribution is 2.24. The van der Waals surface area contributed by atoms with Crippen LogP contribution in [0.25, 0.3) is 0 Å². The summed E-state index contributed by atoms with van der Waals surface area (Å²) in [7, 11) is 0. The molecule has 0 saturated carbocycles. The Labute approximate surface area is 104 Å². The molecule has 1 fully saturated rings. The van der Waals surface area contributed by atoms with Crippen LogP contribution in [-0.2, 0) is 0 Å². The van der Waals surface area contributed by atoms with Gasteiger partial charge in [0.1, 0.15) is 5.75 Å². The van der Waals surface area contributed by atoms with E-state index in [1.807, 2.05) is 0 Å². The van der Waals surface area contributed by atoms with Gasteiger partial charge in [0, 0.05) is 18.7 Å². The van der Waals surface area contributed by atoms with E-state index in [0.29, 0.717) is 31.5 Å². The van der Waals surface area contributed by atoms with Gasteiger partial charge in [-0.3, -0.25) is 4.79 Å². The minimum absolute atomic E-state index is 0.0303. The third kappa shape index (κ3) is 2.70. The van der Waals surface area contributed by atoms with E-state index in [-0.39, 0.29) is 22.8 Å². The molecule has 1 aromatic rings. The van der Waals surface area contributed by atoms with Crippen LogP contribution in [0.5, 0.6) is 5.75 Å². The van der Waals surface area contributed by atoms with Gasteiger partial charge < -0.3 is 15.1 Å². The lowest BCUT2D eigenvalue weighted by atomic mass is 10.1. The van der Waals surface area contributed by atoms with E-state index >= 15 is 0 Å². The fourth-order valence-corrected chi connectivity index (χ4v) is 2.07. The van der Waals surface area contributed by atoms with Gasteiger partial charge in [-0.1, -0.05) is 11.6 Å². The SMILES string of the molecule is O=C(c1ccc(O)c(Cl)c1)N1CCC(O)CC1. The van der Waals surface area contributed by atoms with E-state index in [1.54, 1.807) is 11.0 Å². The molecule has 92 valence electrons. The number of amides is 1.